The zero-order valence-corrected chi connectivity index (χ0v) is 13.0. The predicted molar refractivity (Wildman–Crippen MR) is 83.0 cm³/mol. The summed E-state index contributed by atoms with van der Waals surface area (Å²) in [7, 11) is 0. The molecule has 1 aromatic carbocycles. The molecule has 0 bridgehead atoms. The van der Waals surface area contributed by atoms with Gasteiger partial charge >= 0.3 is 0 Å². The van der Waals surface area contributed by atoms with Gasteiger partial charge in [0.25, 0.3) is 0 Å². The number of carbonyl (C=O) groups is 1. The highest BCUT2D eigenvalue weighted by molar-refractivity contribution is 8.00. The molecule has 1 amide bonds. The Hall–Kier alpha value is -1.00. The summed E-state index contributed by atoms with van der Waals surface area (Å²) in [5.41, 5.74) is 2.42. The van der Waals surface area contributed by atoms with Crippen LogP contribution < -0.4 is 5.32 Å². The van der Waals surface area contributed by atoms with Gasteiger partial charge in [-0.15, -0.1) is 11.8 Å². The Labute approximate surface area is 125 Å². The molecule has 2 N–H and O–H groups in total. The molecule has 0 heterocycles. The molecule has 0 aliphatic heterocycles. The van der Waals surface area contributed by atoms with Crippen molar-refractivity contribution in [2.45, 2.75) is 44.1 Å². The van der Waals surface area contributed by atoms with E-state index >= 15 is 0 Å². The van der Waals surface area contributed by atoms with E-state index in [0.717, 1.165) is 19.3 Å². The number of carbonyl (C=O) groups excluding carboxylic acids is 1. The summed E-state index contributed by atoms with van der Waals surface area (Å²) < 4.78 is 0. The average Bonchev–Trinajstić information content (AvgIpc) is 2.83. The number of amides is 1. The van der Waals surface area contributed by atoms with Gasteiger partial charge in [-0.1, -0.05) is 24.1 Å². The average molecular weight is 293 g/mol. The van der Waals surface area contributed by atoms with Crippen molar-refractivity contribution < 1.29 is 9.90 Å². The number of thioether (sulfide) groups is 1. The van der Waals surface area contributed by atoms with Crippen molar-refractivity contribution in [1.82, 2.24) is 5.32 Å². The minimum atomic E-state index is -0.234. The lowest BCUT2D eigenvalue weighted by Crippen LogP contribution is -2.33. The molecule has 0 aromatic heterocycles. The Bertz CT molecular complexity index is 476. The molecule has 110 valence electrons. The quantitative estimate of drug-likeness (QED) is 0.821. The van der Waals surface area contributed by atoms with Crippen molar-refractivity contribution in [3.8, 4) is 0 Å². The van der Waals surface area contributed by atoms with E-state index in [9.17, 15) is 9.90 Å². The van der Waals surface area contributed by atoms with Gasteiger partial charge in [-0.25, -0.2) is 0 Å². The number of hydrogen-bond donors (Lipinski definition) is 2. The van der Waals surface area contributed by atoms with Gasteiger partial charge in [-0.3, -0.25) is 4.79 Å². The van der Waals surface area contributed by atoms with E-state index in [1.54, 1.807) is 11.8 Å². The van der Waals surface area contributed by atoms with E-state index < -0.39 is 0 Å². The summed E-state index contributed by atoms with van der Waals surface area (Å²) in [4.78, 5) is 13.0. The van der Waals surface area contributed by atoms with Crippen LogP contribution in [0.4, 0.5) is 0 Å². The van der Waals surface area contributed by atoms with Gasteiger partial charge in [0.2, 0.25) is 5.91 Å². The van der Waals surface area contributed by atoms with Crippen LogP contribution in [-0.2, 0) is 4.79 Å². The van der Waals surface area contributed by atoms with Crippen LogP contribution in [0.1, 0.15) is 30.4 Å². The molecule has 2 atom stereocenters. The Morgan fingerprint density at radius 1 is 1.40 bits per heavy atom. The van der Waals surface area contributed by atoms with Gasteiger partial charge in [0.1, 0.15) is 0 Å². The van der Waals surface area contributed by atoms with Gasteiger partial charge in [-0.2, -0.15) is 0 Å². The highest BCUT2D eigenvalue weighted by Crippen LogP contribution is 2.25. The lowest BCUT2D eigenvalue weighted by Gasteiger charge is -2.15. The van der Waals surface area contributed by atoms with Gasteiger partial charge in [-0.05, 0) is 38.3 Å². The number of nitrogens with one attached hydrogen (secondary N) is 1. The Morgan fingerprint density at radius 3 is 2.90 bits per heavy atom. The van der Waals surface area contributed by atoms with Gasteiger partial charge in [0.05, 0.1) is 11.9 Å². The third-order valence-electron chi connectivity index (χ3n) is 3.88. The van der Waals surface area contributed by atoms with E-state index in [-0.39, 0.29) is 17.9 Å². The number of hydrogen-bond acceptors (Lipinski definition) is 3. The van der Waals surface area contributed by atoms with Crippen molar-refractivity contribution in [2.75, 3.05) is 12.3 Å². The highest BCUT2D eigenvalue weighted by atomic mass is 32.2. The van der Waals surface area contributed by atoms with Crippen molar-refractivity contribution in [3.63, 3.8) is 0 Å². The number of aryl methyl sites for hydroxylation is 2. The van der Waals surface area contributed by atoms with Crippen LogP contribution >= 0.6 is 11.8 Å². The summed E-state index contributed by atoms with van der Waals surface area (Å²) >= 11 is 1.58. The summed E-state index contributed by atoms with van der Waals surface area (Å²) in [6.07, 6.45) is 2.73. The second-order valence-electron chi connectivity index (χ2n) is 5.62. The Morgan fingerprint density at radius 2 is 2.20 bits per heavy atom. The zero-order valence-electron chi connectivity index (χ0n) is 12.2. The molecule has 0 radical (unpaired) electrons. The first kappa shape index (κ1) is 15.4. The first-order chi connectivity index (χ1) is 9.56. The molecule has 1 aliphatic carbocycles. The predicted octanol–water partition coefficient (Wildman–Crippen LogP) is 2.67. The normalized spacial score (nSPS) is 21.9. The van der Waals surface area contributed by atoms with Crippen LogP contribution in [0, 0.1) is 19.8 Å². The minimum Gasteiger partial charge on any atom is -0.393 e. The van der Waals surface area contributed by atoms with Crippen LogP contribution in [0.3, 0.4) is 0 Å². The second-order valence-corrected chi connectivity index (χ2v) is 6.64. The van der Waals surface area contributed by atoms with Crippen LogP contribution in [-0.4, -0.2) is 29.4 Å². The molecule has 0 saturated heterocycles. The molecule has 1 aliphatic rings. The van der Waals surface area contributed by atoms with Crippen LogP contribution in [0.5, 0.6) is 0 Å². The molecule has 2 rings (SSSR count). The molecule has 1 aromatic rings. The maximum Gasteiger partial charge on any atom is 0.230 e. The smallest absolute Gasteiger partial charge is 0.230 e. The molecule has 0 spiro atoms. The van der Waals surface area contributed by atoms with Crippen LogP contribution in [0.25, 0.3) is 0 Å². The minimum absolute atomic E-state index is 0.0509. The Balaban J connectivity index is 1.76. The first-order valence-corrected chi connectivity index (χ1v) is 8.19. The van der Waals surface area contributed by atoms with Crippen LogP contribution in [0.15, 0.2) is 23.1 Å². The van der Waals surface area contributed by atoms with E-state index in [0.29, 0.717) is 12.3 Å². The summed E-state index contributed by atoms with van der Waals surface area (Å²) in [6.45, 7) is 4.73. The number of rotatable bonds is 5. The van der Waals surface area contributed by atoms with E-state index in [2.05, 4.69) is 37.4 Å². The van der Waals surface area contributed by atoms with Gasteiger partial charge in [0, 0.05) is 17.4 Å². The molecule has 3 nitrogen and oxygen atoms in total. The molecule has 2 unspecified atom stereocenters. The first-order valence-electron chi connectivity index (χ1n) is 7.21. The standard InChI is InChI=1S/C16H23NO2S/c1-11-6-7-12(2)15(8-11)20-10-16(19)17-9-13-4-3-5-14(13)18/h6-8,13-14,18H,3-5,9-10H2,1-2H3,(H,17,19). The molecule has 4 heteroatoms. The third kappa shape index (κ3) is 4.25. The molecular weight excluding hydrogens is 270 g/mol. The second kappa shape index (κ2) is 7.14. The number of benzene rings is 1. The topological polar surface area (TPSA) is 49.3 Å². The lowest BCUT2D eigenvalue weighted by molar-refractivity contribution is -0.118. The molecule has 1 fully saturated rings. The Kier molecular flexibility index (Phi) is 5.49. The molecular formula is C16H23NO2S. The maximum absolute atomic E-state index is 11.9. The monoisotopic (exact) mass is 293 g/mol. The van der Waals surface area contributed by atoms with Crippen molar-refractivity contribution in [1.29, 1.82) is 0 Å². The summed E-state index contributed by atoms with van der Waals surface area (Å²) in [6, 6.07) is 6.29. The fourth-order valence-electron chi connectivity index (χ4n) is 2.56. The number of aliphatic hydroxyl groups is 1. The van der Waals surface area contributed by atoms with E-state index in [1.807, 2.05) is 0 Å². The highest BCUT2D eigenvalue weighted by Gasteiger charge is 2.25. The molecule has 20 heavy (non-hydrogen) atoms. The molecule has 1 saturated carbocycles. The van der Waals surface area contributed by atoms with E-state index in [4.69, 9.17) is 0 Å². The van der Waals surface area contributed by atoms with Crippen molar-refractivity contribution in [3.05, 3.63) is 29.3 Å². The largest absolute Gasteiger partial charge is 0.393 e. The van der Waals surface area contributed by atoms with Gasteiger partial charge < -0.3 is 10.4 Å². The summed E-state index contributed by atoms with van der Waals surface area (Å²) in [5, 5.41) is 12.7. The van der Waals surface area contributed by atoms with Crippen molar-refractivity contribution >= 4 is 17.7 Å². The fourth-order valence-corrected chi connectivity index (χ4v) is 3.51. The maximum atomic E-state index is 11.9. The van der Waals surface area contributed by atoms with Gasteiger partial charge in [0.15, 0.2) is 0 Å². The fraction of sp³-hybridized carbons (Fsp3) is 0.562. The number of aliphatic hydroxyl groups excluding tert-OH is 1. The zero-order chi connectivity index (χ0) is 14.5. The SMILES string of the molecule is Cc1ccc(C)c(SCC(=O)NCC2CCCC2O)c1. The summed E-state index contributed by atoms with van der Waals surface area (Å²) in [5.74, 6) is 0.729. The lowest BCUT2D eigenvalue weighted by atomic mass is 10.1. The van der Waals surface area contributed by atoms with E-state index in [1.165, 1.54) is 16.0 Å². The van der Waals surface area contributed by atoms with Crippen molar-refractivity contribution in [2.24, 2.45) is 5.92 Å². The van der Waals surface area contributed by atoms with Crippen LogP contribution in [0.2, 0.25) is 0 Å². The third-order valence-corrected chi connectivity index (χ3v) is 5.04.